The lowest BCUT2D eigenvalue weighted by Gasteiger charge is -2.36. The number of carbonyl (C=O) groups excluding carboxylic acids is 1. The first-order chi connectivity index (χ1) is 9.52. The molecule has 110 valence electrons. The number of likely N-dealkylation sites (tertiary alicyclic amines) is 1. The summed E-state index contributed by atoms with van der Waals surface area (Å²) in [6.45, 7) is 5.15. The molecule has 2 N–H and O–H groups in total. The first-order valence-corrected chi connectivity index (χ1v) is 7.07. The van der Waals surface area contributed by atoms with Crippen LogP contribution in [0.2, 0.25) is 0 Å². The molecule has 0 radical (unpaired) electrons. The molecule has 1 amide bonds. The molecule has 1 heterocycles. The van der Waals surface area contributed by atoms with Crippen LogP contribution in [0.3, 0.4) is 0 Å². The van der Waals surface area contributed by atoms with Crippen molar-refractivity contribution < 1.29 is 9.18 Å². The summed E-state index contributed by atoms with van der Waals surface area (Å²) < 4.78 is 13.8. The van der Waals surface area contributed by atoms with Gasteiger partial charge in [0, 0.05) is 31.9 Å². The Morgan fingerprint density at radius 2 is 2.10 bits per heavy atom. The Bertz CT molecular complexity index is 484. The predicted molar refractivity (Wildman–Crippen MR) is 78.0 cm³/mol. The monoisotopic (exact) mass is 279 g/mol. The quantitative estimate of drug-likeness (QED) is 0.861. The zero-order valence-corrected chi connectivity index (χ0v) is 12.1. The van der Waals surface area contributed by atoms with E-state index in [4.69, 9.17) is 5.73 Å². The molecule has 0 aromatic heterocycles. The number of benzene rings is 1. The van der Waals surface area contributed by atoms with Crippen molar-refractivity contribution in [3.05, 3.63) is 29.6 Å². The predicted octanol–water partition coefficient (Wildman–Crippen LogP) is 1.96. The van der Waals surface area contributed by atoms with Gasteiger partial charge in [-0.3, -0.25) is 4.79 Å². The number of piperidine rings is 1. The average molecular weight is 279 g/mol. The van der Waals surface area contributed by atoms with E-state index in [0.717, 1.165) is 32.5 Å². The fourth-order valence-corrected chi connectivity index (χ4v) is 2.68. The van der Waals surface area contributed by atoms with Crippen LogP contribution in [0.25, 0.3) is 0 Å². The maximum atomic E-state index is 13.8. The molecule has 0 saturated carbocycles. The van der Waals surface area contributed by atoms with Crippen LogP contribution >= 0.6 is 0 Å². The number of anilines is 1. The van der Waals surface area contributed by atoms with Gasteiger partial charge in [-0.1, -0.05) is 6.92 Å². The van der Waals surface area contributed by atoms with E-state index in [1.54, 1.807) is 18.0 Å². The second kappa shape index (κ2) is 6.22. The summed E-state index contributed by atoms with van der Waals surface area (Å²) in [5.41, 5.74) is 5.94. The van der Waals surface area contributed by atoms with Crippen LogP contribution in [-0.2, 0) is 0 Å². The van der Waals surface area contributed by atoms with Gasteiger partial charge >= 0.3 is 0 Å². The van der Waals surface area contributed by atoms with Gasteiger partial charge in [-0.15, -0.1) is 0 Å². The molecule has 1 aliphatic heterocycles. The summed E-state index contributed by atoms with van der Waals surface area (Å²) in [4.78, 5) is 16.4. The molecule has 1 aromatic rings. The number of hydrogen-bond acceptors (Lipinski definition) is 3. The van der Waals surface area contributed by atoms with Crippen molar-refractivity contribution in [3.8, 4) is 0 Å². The van der Waals surface area contributed by atoms with E-state index in [1.807, 2.05) is 0 Å². The lowest BCUT2D eigenvalue weighted by molar-refractivity contribution is 0.0642. The highest BCUT2D eigenvalue weighted by atomic mass is 19.1. The number of carbonyl (C=O) groups is 1. The third-order valence-corrected chi connectivity index (χ3v) is 4.10. The number of halogens is 1. The molecule has 0 unspecified atom stereocenters. The molecule has 2 rings (SSSR count). The second-order valence-corrected chi connectivity index (χ2v) is 5.32. The van der Waals surface area contributed by atoms with Crippen LogP contribution in [0.15, 0.2) is 18.2 Å². The minimum Gasteiger partial charge on any atom is -0.399 e. The fraction of sp³-hybridized carbons (Fsp3) is 0.533. The third-order valence-electron chi connectivity index (χ3n) is 4.10. The van der Waals surface area contributed by atoms with Gasteiger partial charge in [0.1, 0.15) is 5.82 Å². The zero-order chi connectivity index (χ0) is 14.7. The average Bonchev–Trinajstić information content (AvgIpc) is 2.46. The van der Waals surface area contributed by atoms with Crippen molar-refractivity contribution in [1.82, 2.24) is 9.80 Å². The normalized spacial score (nSPS) is 17.1. The summed E-state index contributed by atoms with van der Waals surface area (Å²) in [5.74, 6) is -0.815. The maximum absolute atomic E-state index is 13.8. The van der Waals surface area contributed by atoms with Gasteiger partial charge in [-0.25, -0.2) is 4.39 Å². The Morgan fingerprint density at radius 3 is 2.65 bits per heavy atom. The Kier molecular flexibility index (Phi) is 4.60. The molecular formula is C15H22FN3O. The van der Waals surface area contributed by atoms with E-state index in [2.05, 4.69) is 11.8 Å². The number of hydrogen-bond donors (Lipinski definition) is 1. The summed E-state index contributed by atoms with van der Waals surface area (Å²) in [6.07, 6.45) is 1.87. The Balaban J connectivity index is 2.05. The van der Waals surface area contributed by atoms with Crippen molar-refractivity contribution >= 4 is 11.6 Å². The van der Waals surface area contributed by atoms with Gasteiger partial charge in [0.2, 0.25) is 0 Å². The van der Waals surface area contributed by atoms with Crippen LogP contribution in [0.5, 0.6) is 0 Å². The first kappa shape index (κ1) is 14.8. The number of nitrogens with zero attached hydrogens (tertiary/aromatic N) is 2. The third kappa shape index (κ3) is 3.10. The number of amides is 1. The number of nitrogen functional groups attached to an aromatic ring is 1. The van der Waals surface area contributed by atoms with E-state index in [9.17, 15) is 9.18 Å². The van der Waals surface area contributed by atoms with Crippen LogP contribution in [0, 0.1) is 5.82 Å². The van der Waals surface area contributed by atoms with Crippen molar-refractivity contribution in [2.45, 2.75) is 25.8 Å². The fourth-order valence-electron chi connectivity index (χ4n) is 2.68. The summed E-state index contributed by atoms with van der Waals surface area (Å²) >= 11 is 0. The van der Waals surface area contributed by atoms with Gasteiger partial charge in [0.25, 0.3) is 5.91 Å². The van der Waals surface area contributed by atoms with Crippen LogP contribution in [0.1, 0.15) is 30.1 Å². The standard InChI is InChI=1S/C15H22FN3O/c1-3-19-8-6-12(7-9-19)18(2)15(20)13-5-4-11(17)10-14(13)16/h4-5,10,12H,3,6-9,17H2,1-2H3. The number of nitrogens with two attached hydrogens (primary N) is 1. The highest BCUT2D eigenvalue weighted by Crippen LogP contribution is 2.19. The van der Waals surface area contributed by atoms with Crippen LogP contribution in [-0.4, -0.2) is 48.4 Å². The lowest BCUT2D eigenvalue weighted by atomic mass is 10.0. The van der Waals surface area contributed by atoms with Crippen molar-refractivity contribution in [2.24, 2.45) is 0 Å². The highest BCUT2D eigenvalue weighted by molar-refractivity contribution is 5.94. The molecule has 0 bridgehead atoms. The molecule has 4 nitrogen and oxygen atoms in total. The Morgan fingerprint density at radius 1 is 1.45 bits per heavy atom. The molecule has 1 aliphatic rings. The summed E-state index contributed by atoms with van der Waals surface area (Å²) in [7, 11) is 1.75. The topological polar surface area (TPSA) is 49.6 Å². The largest absolute Gasteiger partial charge is 0.399 e. The molecule has 0 aliphatic carbocycles. The first-order valence-electron chi connectivity index (χ1n) is 7.07. The summed E-state index contributed by atoms with van der Waals surface area (Å²) in [5, 5.41) is 0. The van der Waals surface area contributed by atoms with E-state index >= 15 is 0 Å². The van der Waals surface area contributed by atoms with Crippen molar-refractivity contribution in [3.63, 3.8) is 0 Å². The Hall–Kier alpha value is -1.62. The van der Waals surface area contributed by atoms with E-state index in [1.165, 1.54) is 12.1 Å². The molecule has 1 fully saturated rings. The molecule has 0 spiro atoms. The van der Waals surface area contributed by atoms with Gasteiger partial charge in [-0.2, -0.15) is 0 Å². The second-order valence-electron chi connectivity index (χ2n) is 5.32. The van der Waals surface area contributed by atoms with Crippen molar-refractivity contribution in [1.29, 1.82) is 0 Å². The summed E-state index contributed by atoms with van der Waals surface area (Å²) in [6, 6.07) is 4.40. The minimum atomic E-state index is -0.548. The molecule has 1 aromatic carbocycles. The Labute approximate surface area is 119 Å². The van der Waals surface area contributed by atoms with Gasteiger partial charge in [0.05, 0.1) is 5.56 Å². The molecule has 1 saturated heterocycles. The smallest absolute Gasteiger partial charge is 0.256 e. The highest BCUT2D eigenvalue weighted by Gasteiger charge is 2.26. The molecule has 20 heavy (non-hydrogen) atoms. The van der Waals surface area contributed by atoms with Crippen LogP contribution < -0.4 is 5.73 Å². The maximum Gasteiger partial charge on any atom is 0.256 e. The van der Waals surface area contributed by atoms with Gasteiger partial charge in [-0.05, 0) is 37.6 Å². The minimum absolute atomic E-state index is 0.0969. The number of rotatable bonds is 3. The molecular weight excluding hydrogens is 257 g/mol. The van der Waals surface area contributed by atoms with E-state index in [0.29, 0.717) is 5.69 Å². The lowest BCUT2D eigenvalue weighted by Crippen LogP contribution is -2.45. The van der Waals surface area contributed by atoms with E-state index < -0.39 is 5.82 Å². The molecule has 5 heteroatoms. The van der Waals surface area contributed by atoms with E-state index in [-0.39, 0.29) is 17.5 Å². The zero-order valence-electron chi connectivity index (χ0n) is 12.1. The molecule has 0 atom stereocenters. The van der Waals surface area contributed by atoms with Crippen molar-refractivity contribution in [2.75, 3.05) is 32.4 Å². The van der Waals surface area contributed by atoms with Gasteiger partial charge in [0.15, 0.2) is 0 Å². The van der Waals surface area contributed by atoms with Gasteiger partial charge < -0.3 is 15.5 Å². The van der Waals surface area contributed by atoms with Crippen LogP contribution in [0.4, 0.5) is 10.1 Å². The SMILES string of the molecule is CCN1CCC(N(C)C(=O)c2ccc(N)cc2F)CC1.